The number of alkyl halides is 1. The smallest absolute Gasteiger partial charge is 0.0643 e. The molecule has 86 valence electrons. The third-order valence-electron chi connectivity index (χ3n) is 2.62. The van der Waals surface area contributed by atoms with E-state index >= 15 is 0 Å². The van der Waals surface area contributed by atoms with Gasteiger partial charge in [-0.15, -0.1) is 0 Å². The molecule has 1 aromatic carbocycles. The van der Waals surface area contributed by atoms with Gasteiger partial charge >= 0.3 is 0 Å². The van der Waals surface area contributed by atoms with E-state index in [9.17, 15) is 0 Å². The second-order valence-electron chi connectivity index (χ2n) is 3.73. The Balaban J connectivity index is 3.01. The zero-order valence-electron chi connectivity index (χ0n) is 9.37. The molecule has 0 saturated heterocycles. The molecule has 0 amide bonds. The van der Waals surface area contributed by atoms with Crippen LogP contribution in [0.3, 0.4) is 0 Å². The van der Waals surface area contributed by atoms with Crippen LogP contribution in [0.2, 0.25) is 0 Å². The first kappa shape index (κ1) is 13.5. The summed E-state index contributed by atoms with van der Waals surface area (Å²) in [6.07, 6.45) is 0.532. The molecule has 4 heteroatoms. The normalized spacial score (nSPS) is 11.9. The first-order valence-corrected chi connectivity index (χ1v) is 6.95. The molecule has 0 aromatic heterocycles. The Hall–Kier alpha value is -0.530. The molecule has 1 rings (SSSR count). The van der Waals surface area contributed by atoms with E-state index in [1.54, 1.807) is 0 Å². The van der Waals surface area contributed by atoms with Crippen LogP contribution < -0.4 is 4.90 Å². The zero-order chi connectivity index (χ0) is 12.1. The Morgan fingerprint density at radius 3 is 2.75 bits per heavy atom. The highest BCUT2D eigenvalue weighted by atomic mass is 79.9. The van der Waals surface area contributed by atoms with Crippen LogP contribution in [0.5, 0.6) is 0 Å². The molecule has 0 fully saturated rings. The summed E-state index contributed by atoms with van der Waals surface area (Å²) in [4.78, 5) is 2.14. The van der Waals surface area contributed by atoms with Crippen molar-refractivity contribution in [1.29, 1.82) is 5.26 Å². The van der Waals surface area contributed by atoms with Crippen molar-refractivity contribution in [3.05, 3.63) is 28.2 Å². The number of rotatable bonds is 4. The van der Waals surface area contributed by atoms with Gasteiger partial charge in [-0.05, 0) is 24.6 Å². The first-order valence-electron chi connectivity index (χ1n) is 5.04. The van der Waals surface area contributed by atoms with Crippen molar-refractivity contribution in [3.8, 4) is 6.07 Å². The van der Waals surface area contributed by atoms with E-state index in [-0.39, 0.29) is 6.04 Å². The predicted molar refractivity (Wildman–Crippen MR) is 74.9 cm³/mol. The van der Waals surface area contributed by atoms with Gasteiger partial charge < -0.3 is 4.90 Å². The highest BCUT2D eigenvalue weighted by Gasteiger charge is 2.13. The van der Waals surface area contributed by atoms with Gasteiger partial charge in [-0.1, -0.05) is 37.9 Å². The maximum atomic E-state index is 8.72. The number of halogens is 2. The van der Waals surface area contributed by atoms with Crippen molar-refractivity contribution in [2.45, 2.75) is 24.7 Å². The molecule has 0 spiro atoms. The van der Waals surface area contributed by atoms with E-state index in [1.165, 1.54) is 5.56 Å². The summed E-state index contributed by atoms with van der Waals surface area (Å²) in [5.41, 5.74) is 2.39. The standard InChI is InChI=1S/C12H14Br2N2/c1-9(5-6-15)16(2)12-7-11(14)4-3-10(12)8-13/h3-4,7,9H,5,8H2,1-2H3. The summed E-state index contributed by atoms with van der Waals surface area (Å²) in [7, 11) is 2.02. The van der Waals surface area contributed by atoms with E-state index in [0.29, 0.717) is 6.42 Å². The van der Waals surface area contributed by atoms with E-state index in [1.807, 2.05) is 13.1 Å². The van der Waals surface area contributed by atoms with Crippen molar-refractivity contribution in [3.63, 3.8) is 0 Å². The summed E-state index contributed by atoms with van der Waals surface area (Å²) in [6, 6.07) is 8.63. The molecular formula is C12H14Br2N2. The Morgan fingerprint density at radius 1 is 1.50 bits per heavy atom. The van der Waals surface area contributed by atoms with Crippen molar-refractivity contribution >= 4 is 37.5 Å². The van der Waals surface area contributed by atoms with Gasteiger partial charge in [0.25, 0.3) is 0 Å². The molecule has 0 radical (unpaired) electrons. The van der Waals surface area contributed by atoms with Gasteiger partial charge in [-0.25, -0.2) is 0 Å². The molecule has 2 nitrogen and oxygen atoms in total. The summed E-state index contributed by atoms with van der Waals surface area (Å²) in [6.45, 7) is 2.06. The van der Waals surface area contributed by atoms with Crippen LogP contribution in [-0.4, -0.2) is 13.1 Å². The summed E-state index contributed by atoms with van der Waals surface area (Å²) >= 11 is 6.96. The van der Waals surface area contributed by atoms with E-state index in [2.05, 4.69) is 61.9 Å². The van der Waals surface area contributed by atoms with Crippen LogP contribution in [0.15, 0.2) is 22.7 Å². The number of hydrogen-bond acceptors (Lipinski definition) is 2. The predicted octanol–water partition coefficient (Wildman–Crippen LogP) is 4.08. The number of benzene rings is 1. The van der Waals surface area contributed by atoms with E-state index in [4.69, 9.17) is 5.26 Å². The molecule has 0 heterocycles. The molecule has 0 saturated carbocycles. The van der Waals surface area contributed by atoms with Gasteiger partial charge in [-0.2, -0.15) is 5.26 Å². The average Bonchev–Trinajstić information content (AvgIpc) is 2.28. The number of nitrogens with zero attached hydrogens (tertiary/aromatic N) is 2. The van der Waals surface area contributed by atoms with Crippen molar-refractivity contribution in [1.82, 2.24) is 0 Å². The minimum atomic E-state index is 0.220. The van der Waals surface area contributed by atoms with Gasteiger partial charge in [-0.3, -0.25) is 0 Å². The number of anilines is 1. The highest BCUT2D eigenvalue weighted by Crippen LogP contribution is 2.27. The average molecular weight is 346 g/mol. The monoisotopic (exact) mass is 344 g/mol. The maximum absolute atomic E-state index is 8.72. The lowest BCUT2D eigenvalue weighted by atomic mass is 10.1. The van der Waals surface area contributed by atoms with Crippen LogP contribution >= 0.6 is 31.9 Å². The fourth-order valence-corrected chi connectivity index (χ4v) is 2.31. The minimum absolute atomic E-state index is 0.220. The summed E-state index contributed by atoms with van der Waals surface area (Å²) < 4.78 is 1.06. The van der Waals surface area contributed by atoms with Gasteiger partial charge in [0, 0.05) is 28.6 Å². The summed E-state index contributed by atoms with van der Waals surface area (Å²) in [5.74, 6) is 0. The van der Waals surface area contributed by atoms with Crippen molar-refractivity contribution in [2.24, 2.45) is 0 Å². The molecule has 16 heavy (non-hydrogen) atoms. The van der Waals surface area contributed by atoms with Gasteiger partial charge in [0.15, 0.2) is 0 Å². The van der Waals surface area contributed by atoms with Gasteiger partial charge in [0.2, 0.25) is 0 Å². The fourth-order valence-electron chi connectivity index (χ4n) is 1.48. The van der Waals surface area contributed by atoms with Gasteiger partial charge in [0.05, 0.1) is 12.5 Å². The molecule has 0 N–H and O–H groups in total. The zero-order valence-corrected chi connectivity index (χ0v) is 12.5. The molecule has 1 aromatic rings. The largest absolute Gasteiger partial charge is 0.371 e. The molecule has 0 aliphatic rings. The maximum Gasteiger partial charge on any atom is 0.0643 e. The Bertz CT molecular complexity index is 398. The van der Waals surface area contributed by atoms with Crippen LogP contribution in [0.4, 0.5) is 5.69 Å². The Morgan fingerprint density at radius 2 is 2.19 bits per heavy atom. The first-order chi connectivity index (χ1) is 7.60. The highest BCUT2D eigenvalue weighted by molar-refractivity contribution is 9.10. The molecule has 1 unspecified atom stereocenters. The van der Waals surface area contributed by atoms with Crippen LogP contribution in [-0.2, 0) is 5.33 Å². The lowest BCUT2D eigenvalue weighted by Crippen LogP contribution is -2.29. The van der Waals surface area contributed by atoms with E-state index in [0.717, 1.165) is 15.5 Å². The lowest BCUT2D eigenvalue weighted by molar-refractivity contribution is 0.700. The van der Waals surface area contributed by atoms with Gasteiger partial charge in [0.1, 0.15) is 0 Å². The third kappa shape index (κ3) is 3.23. The van der Waals surface area contributed by atoms with Crippen LogP contribution in [0.25, 0.3) is 0 Å². The van der Waals surface area contributed by atoms with Crippen molar-refractivity contribution < 1.29 is 0 Å². The lowest BCUT2D eigenvalue weighted by Gasteiger charge is -2.27. The van der Waals surface area contributed by atoms with Crippen LogP contribution in [0, 0.1) is 11.3 Å². The molecule has 0 aliphatic carbocycles. The van der Waals surface area contributed by atoms with Crippen LogP contribution in [0.1, 0.15) is 18.9 Å². The SMILES string of the molecule is CC(CC#N)N(C)c1cc(Br)ccc1CBr. The Kier molecular flexibility index (Phi) is 5.30. The minimum Gasteiger partial charge on any atom is -0.371 e. The number of hydrogen-bond donors (Lipinski definition) is 0. The second-order valence-corrected chi connectivity index (χ2v) is 5.21. The Labute approximate surface area is 114 Å². The van der Waals surface area contributed by atoms with E-state index < -0.39 is 0 Å². The summed E-state index contributed by atoms with van der Waals surface area (Å²) in [5, 5.41) is 9.54. The molecule has 0 bridgehead atoms. The quantitative estimate of drug-likeness (QED) is 0.769. The number of nitriles is 1. The second kappa shape index (κ2) is 6.27. The fraction of sp³-hybridized carbons (Fsp3) is 0.417. The molecular weight excluding hydrogens is 332 g/mol. The third-order valence-corrected chi connectivity index (χ3v) is 3.72. The van der Waals surface area contributed by atoms with Crippen molar-refractivity contribution in [2.75, 3.05) is 11.9 Å². The molecule has 1 atom stereocenters. The topological polar surface area (TPSA) is 27.0 Å². The molecule has 0 aliphatic heterocycles.